The summed E-state index contributed by atoms with van der Waals surface area (Å²) in [7, 11) is 0. The molecule has 0 aliphatic heterocycles. The Bertz CT molecular complexity index is 366. The summed E-state index contributed by atoms with van der Waals surface area (Å²) in [5, 5.41) is -0.487. The van der Waals surface area contributed by atoms with Crippen molar-refractivity contribution in [1.29, 1.82) is 0 Å². The zero-order valence-electron chi connectivity index (χ0n) is 16.8. The third-order valence-electron chi connectivity index (χ3n) is 4.44. The van der Waals surface area contributed by atoms with E-state index < -0.39 is 5.24 Å². The van der Waals surface area contributed by atoms with Crippen LogP contribution in [0.5, 0.6) is 0 Å². The number of ether oxygens (including phenoxy) is 1. The molecule has 0 saturated carbocycles. The molecule has 0 amide bonds. The number of hydrogen-bond donors (Lipinski definition) is 0. The summed E-state index contributed by atoms with van der Waals surface area (Å²) in [6, 6.07) is 0. The SMILES string of the molecule is CCCCCCCCC=CCCCCCCCCOC(=O)CCC(=O)Cl. The van der Waals surface area contributed by atoms with Crippen LogP contribution in [-0.2, 0) is 14.3 Å². The zero-order chi connectivity index (χ0) is 19.3. The first kappa shape index (κ1) is 25.2. The molecular formula is C22H39ClO3. The van der Waals surface area contributed by atoms with Crippen molar-refractivity contribution in [2.24, 2.45) is 0 Å². The smallest absolute Gasteiger partial charge is 0.306 e. The van der Waals surface area contributed by atoms with E-state index >= 15 is 0 Å². The van der Waals surface area contributed by atoms with Crippen molar-refractivity contribution in [3.8, 4) is 0 Å². The van der Waals surface area contributed by atoms with E-state index in [1.165, 1.54) is 77.0 Å². The number of esters is 1. The van der Waals surface area contributed by atoms with Crippen molar-refractivity contribution in [2.75, 3.05) is 6.61 Å². The molecular weight excluding hydrogens is 348 g/mol. The van der Waals surface area contributed by atoms with E-state index in [2.05, 4.69) is 19.1 Å². The highest BCUT2D eigenvalue weighted by atomic mass is 35.5. The lowest BCUT2D eigenvalue weighted by atomic mass is 10.1. The second-order valence-electron chi connectivity index (χ2n) is 7.01. The van der Waals surface area contributed by atoms with Gasteiger partial charge in [-0.05, 0) is 43.7 Å². The van der Waals surface area contributed by atoms with Crippen LogP contribution in [0.3, 0.4) is 0 Å². The van der Waals surface area contributed by atoms with Crippen LogP contribution in [0.2, 0.25) is 0 Å². The molecule has 152 valence electrons. The Morgan fingerprint density at radius 1 is 0.731 bits per heavy atom. The minimum Gasteiger partial charge on any atom is -0.466 e. The molecule has 0 bridgehead atoms. The van der Waals surface area contributed by atoms with E-state index in [1.807, 2.05) is 0 Å². The minimum absolute atomic E-state index is 0.0633. The Balaban J connectivity index is 3.18. The number of rotatable bonds is 19. The lowest BCUT2D eigenvalue weighted by molar-refractivity contribution is -0.144. The van der Waals surface area contributed by atoms with Gasteiger partial charge in [-0.2, -0.15) is 0 Å². The molecule has 0 spiro atoms. The maximum absolute atomic E-state index is 11.3. The van der Waals surface area contributed by atoms with Gasteiger partial charge in [0, 0.05) is 6.42 Å². The van der Waals surface area contributed by atoms with E-state index in [0.29, 0.717) is 6.61 Å². The topological polar surface area (TPSA) is 43.4 Å². The summed E-state index contributed by atoms with van der Waals surface area (Å²) >= 11 is 5.18. The molecule has 0 aliphatic rings. The number of carbonyl (C=O) groups excluding carboxylic acids is 2. The fraction of sp³-hybridized carbons (Fsp3) is 0.818. The van der Waals surface area contributed by atoms with Crippen LogP contribution in [-0.4, -0.2) is 17.8 Å². The molecule has 26 heavy (non-hydrogen) atoms. The summed E-state index contributed by atoms with van der Waals surface area (Å²) in [6.45, 7) is 2.71. The fourth-order valence-electron chi connectivity index (χ4n) is 2.81. The summed E-state index contributed by atoms with van der Waals surface area (Å²) < 4.78 is 5.05. The van der Waals surface area contributed by atoms with Crippen LogP contribution in [0, 0.1) is 0 Å². The van der Waals surface area contributed by atoms with Crippen LogP contribution < -0.4 is 0 Å². The van der Waals surface area contributed by atoms with Crippen LogP contribution in [0.25, 0.3) is 0 Å². The van der Waals surface area contributed by atoms with Gasteiger partial charge in [-0.3, -0.25) is 9.59 Å². The number of halogens is 1. The molecule has 4 heteroatoms. The molecule has 3 nitrogen and oxygen atoms in total. The first-order valence-electron chi connectivity index (χ1n) is 10.7. The second kappa shape index (κ2) is 20.5. The van der Waals surface area contributed by atoms with Gasteiger partial charge >= 0.3 is 5.97 Å². The van der Waals surface area contributed by atoms with Crippen molar-refractivity contribution in [1.82, 2.24) is 0 Å². The average Bonchev–Trinajstić information content (AvgIpc) is 2.62. The standard InChI is InChI=1S/C22H39ClO3/c1-2-3-4-5-6-7-8-9-10-11-12-13-14-15-16-17-20-26-22(25)19-18-21(23)24/h9-10H,2-8,11-20H2,1H3. The van der Waals surface area contributed by atoms with Crippen LogP contribution in [0.4, 0.5) is 0 Å². The number of unbranched alkanes of at least 4 members (excludes halogenated alkanes) is 12. The lowest BCUT2D eigenvalue weighted by Crippen LogP contribution is -2.06. The average molecular weight is 387 g/mol. The summed E-state index contributed by atoms with van der Waals surface area (Å²) in [4.78, 5) is 21.8. The minimum atomic E-state index is -0.487. The summed E-state index contributed by atoms with van der Waals surface area (Å²) in [5.41, 5.74) is 0. The Labute approximate surface area is 165 Å². The predicted octanol–water partition coefficient (Wildman–Crippen LogP) is 7.11. The highest BCUT2D eigenvalue weighted by Gasteiger charge is 2.05. The van der Waals surface area contributed by atoms with Gasteiger partial charge in [-0.15, -0.1) is 0 Å². The summed E-state index contributed by atoms with van der Waals surface area (Å²) in [5.74, 6) is -0.327. The molecule has 0 atom stereocenters. The van der Waals surface area contributed by atoms with Crippen molar-refractivity contribution in [3.63, 3.8) is 0 Å². The first-order chi connectivity index (χ1) is 12.7. The monoisotopic (exact) mass is 386 g/mol. The molecule has 0 aromatic rings. The van der Waals surface area contributed by atoms with Crippen molar-refractivity contribution in [2.45, 2.75) is 110 Å². The van der Waals surface area contributed by atoms with Gasteiger partial charge in [0.25, 0.3) is 0 Å². The van der Waals surface area contributed by atoms with E-state index in [0.717, 1.165) is 12.8 Å². The number of allylic oxidation sites excluding steroid dienone is 2. The second-order valence-corrected chi connectivity index (χ2v) is 7.43. The molecule has 0 heterocycles. The maximum atomic E-state index is 11.3. The first-order valence-corrected chi connectivity index (χ1v) is 11.0. The van der Waals surface area contributed by atoms with Gasteiger partial charge in [0.05, 0.1) is 13.0 Å². The van der Waals surface area contributed by atoms with E-state index in [-0.39, 0.29) is 18.8 Å². The molecule has 0 N–H and O–H groups in total. The Kier molecular flexibility index (Phi) is 19.8. The highest BCUT2D eigenvalue weighted by Crippen LogP contribution is 2.10. The van der Waals surface area contributed by atoms with Crippen molar-refractivity contribution >= 4 is 22.8 Å². The van der Waals surface area contributed by atoms with Crippen LogP contribution >= 0.6 is 11.6 Å². The Morgan fingerprint density at radius 3 is 1.77 bits per heavy atom. The van der Waals surface area contributed by atoms with Gasteiger partial charge in [0.2, 0.25) is 5.24 Å². The third kappa shape index (κ3) is 21.2. The normalized spacial score (nSPS) is 11.2. The molecule has 0 aromatic heterocycles. The maximum Gasteiger partial charge on any atom is 0.306 e. The largest absolute Gasteiger partial charge is 0.466 e. The number of hydrogen-bond acceptors (Lipinski definition) is 3. The molecule has 0 rings (SSSR count). The lowest BCUT2D eigenvalue weighted by Gasteiger charge is -2.04. The van der Waals surface area contributed by atoms with Gasteiger partial charge in [0.15, 0.2) is 0 Å². The molecule has 0 aromatic carbocycles. The fourth-order valence-corrected chi connectivity index (χ4v) is 2.90. The van der Waals surface area contributed by atoms with E-state index in [1.54, 1.807) is 0 Å². The van der Waals surface area contributed by atoms with E-state index in [9.17, 15) is 9.59 Å². The molecule has 0 aliphatic carbocycles. The zero-order valence-corrected chi connectivity index (χ0v) is 17.5. The highest BCUT2D eigenvalue weighted by molar-refractivity contribution is 6.63. The van der Waals surface area contributed by atoms with Crippen molar-refractivity contribution in [3.05, 3.63) is 12.2 Å². The van der Waals surface area contributed by atoms with Gasteiger partial charge in [-0.1, -0.05) is 76.9 Å². The van der Waals surface area contributed by atoms with Gasteiger partial charge in [0.1, 0.15) is 0 Å². The Hall–Kier alpha value is -0.830. The van der Waals surface area contributed by atoms with E-state index in [4.69, 9.17) is 16.3 Å². The molecule has 0 radical (unpaired) electrons. The molecule has 0 saturated heterocycles. The Morgan fingerprint density at radius 2 is 1.23 bits per heavy atom. The van der Waals surface area contributed by atoms with Crippen LogP contribution in [0.15, 0.2) is 12.2 Å². The molecule has 0 unspecified atom stereocenters. The summed E-state index contributed by atoms with van der Waals surface area (Å²) in [6.07, 6.45) is 22.5. The number of carbonyl (C=O) groups is 2. The van der Waals surface area contributed by atoms with Crippen molar-refractivity contribution < 1.29 is 14.3 Å². The van der Waals surface area contributed by atoms with Gasteiger partial charge in [-0.25, -0.2) is 0 Å². The van der Waals surface area contributed by atoms with Gasteiger partial charge < -0.3 is 4.74 Å². The quantitative estimate of drug-likeness (QED) is 0.103. The predicted molar refractivity (Wildman–Crippen MR) is 111 cm³/mol. The van der Waals surface area contributed by atoms with Crippen LogP contribution in [0.1, 0.15) is 110 Å². The third-order valence-corrected chi connectivity index (χ3v) is 4.63. The molecule has 0 fully saturated rings.